The van der Waals surface area contributed by atoms with Gasteiger partial charge in [-0.15, -0.1) is 0 Å². The van der Waals surface area contributed by atoms with Crippen LogP contribution in [0.3, 0.4) is 0 Å². The summed E-state index contributed by atoms with van der Waals surface area (Å²) in [6.45, 7) is 2.81. The molecule has 0 unspecified atom stereocenters. The van der Waals surface area contributed by atoms with E-state index in [1.54, 1.807) is 19.1 Å². The summed E-state index contributed by atoms with van der Waals surface area (Å²) in [4.78, 5) is 19.3. The zero-order chi connectivity index (χ0) is 15.4. The topological polar surface area (TPSA) is 67.0 Å². The Balaban J connectivity index is 1.64. The Kier molecular flexibility index (Phi) is 4.05. The molecule has 5 nitrogen and oxygen atoms in total. The molecule has 1 aromatic heterocycles. The second kappa shape index (κ2) is 6.30. The first-order valence-electron chi connectivity index (χ1n) is 7.21. The van der Waals surface area contributed by atoms with Crippen molar-refractivity contribution in [3.05, 3.63) is 59.7 Å². The Morgan fingerprint density at radius 1 is 1.18 bits per heavy atom. The Labute approximate surface area is 128 Å². The number of para-hydroxylation sites is 2. The number of ether oxygens (including phenoxy) is 1. The number of hydrogen-bond donors (Lipinski definition) is 2. The molecular weight excluding hydrogens is 278 g/mol. The number of aromatic amines is 1. The number of anilines is 1. The lowest BCUT2D eigenvalue weighted by Crippen LogP contribution is -2.05. The lowest BCUT2D eigenvalue weighted by atomic mass is 10.1. The molecule has 0 aliphatic carbocycles. The van der Waals surface area contributed by atoms with Gasteiger partial charge in [0.05, 0.1) is 23.2 Å². The predicted octanol–water partition coefficient (Wildman–Crippen LogP) is 3.35. The lowest BCUT2D eigenvalue weighted by Gasteiger charge is -2.05. The molecule has 2 N–H and O–H groups in total. The molecule has 0 aliphatic heterocycles. The van der Waals surface area contributed by atoms with E-state index in [1.165, 1.54) is 0 Å². The minimum atomic E-state index is -0.292. The molecule has 112 valence electrons. The summed E-state index contributed by atoms with van der Waals surface area (Å²) in [5.74, 6) is 0.440. The number of imidazole rings is 1. The molecule has 0 spiro atoms. The van der Waals surface area contributed by atoms with Gasteiger partial charge in [0.15, 0.2) is 0 Å². The van der Waals surface area contributed by atoms with Crippen molar-refractivity contribution >= 4 is 23.0 Å². The van der Waals surface area contributed by atoms with Crippen molar-refractivity contribution in [1.82, 2.24) is 9.97 Å². The third-order valence-electron chi connectivity index (χ3n) is 3.31. The monoisotopic (exact) mass is 295 g/mol. The zero-order valence-corrected chi connectivity index (χ0v) is 12.3. The fraction of sp³-hybridized carbons (Fsp3) is 0.176. The summed E-state index contributed by atoms with van der Waals surface area (Å²) in [5, 5.41) is 3.24. The first kappa shape index (κ1) is 14.1. The highest BCUT2D eigenvalue weighted by atomic mass is 16.5. The number of fused-ring (bicyclic) bond motifs is 1. The van der Waals surface area contributed by atoms with Crippen LogP contribution in [0.2, 0.25) is 0 Å². The van der Waals surface area contributed by atoms with Crippen LogP contribution in [0.15, 0.2) is 48.5 Å². The van der Waals surface area contributed by atoms with Gasteiger partial charge in [-0.1, -0.05) is 24.3 Å². The van der Waals surface area contributed by atoms with Crippen molar-refractivity contribution in [3.63, 3.8) is 0 Å². The number of nitrogens with one attached hydrogen (secondary N) is 2. The number of hydrogen-bond acceptors (Lipinski definition) is 4. The van der Waals surface area contributed by atoms with Gasteiger partial charge in [-0.2, -0.15) is 0 Å². The van der Waals surface area contributed by atoms with Crippen molar-refractivity contribution in [3.8, 4) is 0 Å². The predicted molar refractivity (Wildman–Crippen MR) is 85.8 cm³/mol. The van der Waals surface area contributed by atoms with Crippen LogP contribution < -0.4 is 5.32 Å². The SMILES string of the molecule is CCOC(=O)c1ccc(CNc2nc3ccccc3[nH]2)cc1. The summed E-state index contributed by atoms with van der Waals surface area (Å²) in [6.07, 6.45) is 0. The molecule has 3 aromatic rings. The summed E-state index contributed by atoms with van der Waals surface area (Å²) < 4.78 is 4.96. The lowest BCUT2D eigenvalue weighted by molar-refractivity contribution is 0.0526. The van der Waals surface area contributed by atoms with Crippen molar-refractivity contribution in [2.24, 2.45) is 0 Å². The molecule has 5 heteroatoms. The molecule has 0 fully saturated rings. The molecular formula is C17H17N3O2. The number of esters is 1. The number of H-pyrrole nitrogens is 1. The molecule has 0 bridgehead atoms. The summed E-state index contributed by atoms with van der Waals surface area (Å²) in [6, 6.07) is 15.2. The molecule has 3 rings (SSSR count). The molecule has 0 saturated carbocycles. The van der Waals surface area contributed by atoms with Crippen LogP contribution in [0.5, 0.6) is 0 Å². The Bertz CT molecular complexity index is 745. The van der Waals surface area contributed by atoms with Crippen LogP contribution in [-0.4, -0.2) is 22.5 Å². The van der Waals surface area contributed by atoms with Crippen molar-refractivity contribution in [1.29, 1.82) is 0 Å². The van der Waals surface area contributed by atoms with Gasteiger partial charge in [-0.05, 0) is 36.8 Å². The van der Waals surface area contributed by atoms with Gasteiger partial charge in [0, 0.05) is 6.54 Å². The standard InChI is InChI=1S/C17H17N3O2/c1-2-22-16(21)13-9-7-12(8-10-13)11-18-17-19-14-5-3-4-6-15(14)20-17/h3-10H,2,11H2,1H3,(H2,18,19,20). The highest BCUT2D eigenvalue weighted by Gasteiger charge is 2.06. The first-order chi connectivity index (χ1) is 10.8. The van der Waals surface area contributed by atoms with Crippen molar-refractivity contribution in [2.45, 2.75) is 13.5 Å². The van der Waals surface area contributed by atoms with E-state index in [9.17, 15) is 4.79 Å². The fourth-order valence-corrected chi connectivity index (χ4v) is 2.20. The van der Waals surface area contributed by atoms with E-state index in [1.807, 2.05) is 36.4 Å². The van der Waals surface area contributed by atoms with E-state index in [0.29, 0.717) is 18.7 Å². The molecule has 2 aromatic carbocycles. The molecule has 0 saturated heterocycles. The summed E-state index contributed by atoms with van der Waals surface area (Å²) in [5.41, 5.74) is 3.56. The minimum Gasteiger partial charge on any atom is -0.462 e. The summed E-state index contributed by atoms with van der Waals surface area (Å²) in [7, 11) is 0. The van der Waals surface area contributed by atoms with Gasteiger partial charge in [0.25, 0.3) is 0 Å². The van der Waals surface area contributed by atoms with Crippen molar-refractivity contribution in [2.75, 3.05) is 11.9 Å². The third kappa shape index (κ3) is 3.09. The van der Waals surface area contributed by atoms with E-state index < -0.39 is 0 Å². The Morgan fingerprint density at radius 2 is 1.95 bits per heavy atom. The average Bonchev–Trinajstić information content (AvgIpc) is 2.96. The largest absolute Gasteiger partial charge is 0.462 e. The molecule has 22 heavy (non-hydrogen) atoms. The van der Waals surface area contributed by atoms with Crippen LogP contribution >= 0.6 is 0 Å². The smallest absolute Gasteiger partial charge is 0.338 e. The van der Waals surface area contributed by atoms with Gasteiger partial charge >= 0.3 is 5.97 Å². The molecule has 0 radical (unpaired) electrons. The molecule has 1 heterocycles. The van der Waals surface area contributed by atoms with Crippen LogP contribution in [0.1, 0.15) is 22.8 Å². The van der Waals surface area contributed by atoms with Gasteiger partial charge in [-0.3, -0.25) is 0 Å². The molecule has 0 aliphatic rings. The molecule has 0 amide bonds. The van der Waals surface area contributed by atoms with Crippen LogP contribution in [0, 0.1) is 0 Å². The van der Waals surface area contributed by atoms with Gasteiger partial charge in [0.1, 0.15) is 0 Å². The second-order valence-corrected chi connectivity index (χ2v) is 4.87. The highest BCUT2D eigenvalue weighted by molar-refractivity contribution is 5.89. The van der Waals surface area contributed by atoms with Gasteiger partial charge in [0.2, 0.25) is 5.95 Å². The van der Waals surface area contributed by atoms with E-state index in [4.69, 9.17) is 4.74 Å². The van der Waals surface area contributed by atoms with E-state index >= 15 is 0 Å². The normalized spacial score (nSPS) is 10.6. The third-order valence-corrected chi connectivity index (χ3v) is 3.31. The number of nitrogens with zero attached hydrogens (tertiary/aromatic N) is 1. The van der Waals surface area contributed by atoms with Gasteiger partial charge < -0.3 is 15.0 Å². The van der Waals surface area contributed by atoms with E-state index in [0.717, 1.165) is 22.5 Å². The Morgan fingerprint density at radius 3 is 2.68 bits per heavy atom. The first-order valence-corrected chi connectivity index (χ1v) is 7.21. The second-order valence-electron chi connectivity index (χ2n) is 4.87. The number of carbonyl (C=O) groups is 1. The number of carbonyl (C=O) groups excluding carboxylic acids is 1. The quantitative estimate of drug-likeness (QED) is 0.708. The van der Waals surface area contributed by atoms with Crippen LogP contribution in [0.4, 0.5) is 5.95 Å². The van der Waals surface area contributed by atoms with Gasteiger partial charge in [-0.25, -0.2) is 9.78 Å². The minimum absolute atomic E-state index is 0.292. The average molecular weight is 295 g/mol. The van der Waals surface area contributed by atoms with E-state index in [-0.39, 0.29) is 5.97 Å². The number of rotatable bonds is 5. The molecule has 0 atom stereocenters. The van der Waals surface area contributed by atoms with E-state index in [2.05, 4.69) is 15.3 Å². The maximum Gasteiger partial charge on any atom is 0.338 e. The Hall–Kier alpha value is -2.82. The number of aromatic nitrogens is 2. The summed E-state index contributed by atoms with van der Waals surface area (Å²) >= 11 is 0. The maximum absolute atomic E-state index is 11.6. The highest BCUT2D eigenvalue weighted by Crippen LogP contribution is 2.14. The fourth-order valence-electron chi connectivity index (χ4n) is 2.20. The maximum atomic E-state index is 11.6. The zero-order valence-electron chi connectivity index (χ0n) is 12.3. The number of benzene rings is 2. The van der Waals surface area contributed by atoms with Crippen molar-refractivity contribution < 1.29 is 9.53 Å². The van der Waals surface area contributed by atoms with Crippen LogP contribution in [0.25, 0.3) is 11.0 Å². The van der Waals surface area contributed by atoms with Crippen LogP contribution in [-0.2, 0) is 11.3 Å².